The second-order valence-electron chi connectivity index (χ2n) is 3.00. The highest BCUT2D eigenvalue weighted by atomic mass is 35.5. The largest absolute Gasteiger partial charge is 0.389 e. The quantitative estimate of drug-likeness (QED) is 0.819. The summed E-state index contributed by atoms with van der Waals surface area (Å²) in [6, 6.07) is 5.81. The second-order valence-corrected chi connectivity index (χ2v) is 3.41. The van der Waals surface area contributed by atoms with Crippen LogP contribution in [0.1, 0.15) is 5.56 Å². The second kappa shape index (κ2) is 3.78. The molecule has 3 N–H and O–H groups in total. The lowest BCUT2D eigenvalue weighted by Gasteiger charge is -2.06. The molecule has 6 heteroatoms. The summed E-state index contributed by atoms with van der Waals surface area (Å²) in [5.74, 6) is 0. The molecule has 0 bridgehead atoms. The number of rotatable bonds is 2. The Morgan fingerprint density at radius 1 is 1.40 bits per heavy atom. The van der Waals surface area contributed by atoms with Gasteiger partial charge in [0.15, 0.2) is 0 Å². The van der Waals surface area contributed by atoms with Gasteiger partial charge in [-0.1, -0.05) is 33.9 Å². The average molecular weight is 225 g/mol. The van der Waals surface area contributed by atoms with Gasteiger partial charge in [0.1, 0.15) is 0 Å². The van der Waals surface area contributed by atoms with E-state index in [0.717, 1.165) is 11.3 Å². The summed E-state index contributed by atoms with van der Waals surface area (Å²) >= 11 is 6.00. The van der Waals surface area contributed by atoms with E-state index in [9.17, 15) is 0 Å². The first-order chi connectivity index (χ1) is 7.16. The third-order valence-electron chi connectivity index (χ3n) is 1.89. The molecule has 0 fully saturated rings. The minimum absolute atomic E-state index is 0.0159. The number of para-hydroxylation sites is 1. The van der Waals surface area contributed by atoms with Crippen LogP contribution in [0.4, 0.5) is 17.7 Å². The fourth-order valence-electron chi connectivity index (χ4n) is 1.18. The minimum Gasteiger partial charge on any atom is -0.389 e. The van der Waals surface area contributed by atoms with E-state index in [2.05, 4.69) is 15.5 Å². The van der Waals surface area contributed by atoms with Crippen LogP contribution < -0.4 is 11.1 Å². The number of aryl methyl sites for hydroxylation is 1. The highest BCUT2D eigenvalue weighted by Gasteiger charge is 2.07. The SMILES string of the molecule is Cc1cccc(Cl)c1Nc1nnc(N)o1. The van der Waals surface area contributed by atoms with Gasteiger partial charge < -0.3 is 15.5 Å². The minimum atomic E-state index is 0.0159. The van der Waals surface area contributed by atoms with Crippen molar-refractivity contribution in [3.8, 4) is 0 Å². The first-order valence-electron chi connectivity index (χ1n) is 4.28. The van der Waals surface area contributed by atoms with Gasteiger partial charge in [-0.15, -0.1) is 0 Å². The average Bonchev–Trinajstić information content (AvgIpc) is 2.58. The van der Waals surface area contributed by atoms with E-state index in [-0.39, 0.29) is 12.0 Å². The van der Waals surface area contributed by atoms with Crippen LogP contribution in [0.25, 0.3) is 0 Å². The molecule has 1 aromatic carbocycles. The fraction of sp³-hybridized carbons (Fsp3) is 0.111. The number of hydrogen-bond donors (Lipinski definition) is 2. The van der Waals surface area contributed by atoms with Gasteiger partial charge in [-0.05, 0) is 18.6 Å². The van der Waals surface area contributed by atoms with Gasteiger partial charge in [0, 0.05) is 0 Å². The summed E-state index contributed by atoms with van der Waals surface area (Å²) in [6.45, 7) is 1.92. The number of benzene rings is 1. The third-order valence-corrected chi connectivity index (χ3v) is 2.21. The van der Waals surface area contributed by atoms with Crippen molar-refractivity contribution < 1.29 is 4.42 Å². The lowest BCUT2D eigenvalue weighted by Crippen LogP contribution is -1.94. The maximum absolute atomic E-state index is 6.00. The molecule has 0 spiro atoms. The van der Waals surface area contributed by atoms with Crippen LogP contribution in [0.3, 0.4) is 0 Å². The molecule has 0 aliphatic rings. The molecule has 1 aromatic heterocycles. The number of aromatic nitrogens is 2. The van der Waals surface area contributed by atoms with Crippen LogP contribution >= 0.6 is 11.6 Å². The molecule has 0 atom stereocenters. The lowest BCUT2D eigenvalue weighted by atomic mass is 10.2. The molecule has 0 saturated heterocycles. The number of nitrogens with zero attached hydrogens (tertiary/aromatic N) is 2. The highest BCUT2D eigenvalue weighted by Crippen LogP contribution is 2.28. The normalized spacial score (nSPS) is 10.3. The van der Waals surface area contributed by atoms with Crippen LogP contribution in [0, 0.1) is 6.92 Å². The van der Waals surface area contributed by atoms with Crippen LogP contribution in [0.5, 0.6) is 0 Å². The Morgan fingerprint density at radius 3 is 2.80 bits per heavy atom. The third kappa shape index (κ3) is 2.02. The molecule has 1 heterocycles. The Labute approximate surface area is 91.2 Å². The molecule has 0 radical (unpaired) electrons. The molecule has 2 aromatic rings. The van der Waals surface area contributed by atoms with Crippen LogP contribution in [-0.4, -0.2) is 10.2 Å². The Kier molecular flexibility index (Phi) is 2.47. The van der Waals surface area contributed by atoms with Crippen LogP contribution in [-0.2, 0) is 0 Å². The molecule has 0 unspecified atom stereocenters. The summed E-state index contributed by atoms with van der Waals surface area (Å²) < 4.78 is 4.98. The van der Waals surface area contributed by atoms with E-state index < -0.39 is 0 Å². The van der Waals surface area contributed by atoms with Gasteiger partial charge in [0.05, 0.1) is 10.7 Å². The van der Waals surface area contributed by atoms with Gasteiger partial charge in [-0.2, -0.15) is 0 Å². The number of halogens is 1. The Bertz CT molecular complexity index is 462. The molecule has 5 nitrogen and oxygen atoms in total. The number of nitrogens with one attached hydrogen (secondary N) is 1. The molecule has 0 amide bonds. The molecular weight excluding hydrogens is 216 g/mol. The summed E-state index contributed by atoms with van der Waals surface area (Å²) in [4.78, 5) is 0. The van der Waals surface area contributed by atoms with E-state index in [0.29, 0.717) is 5.02 Å². The van der Waals surface area contributed by atoms with E-state index in [1.807, 2.05) is 19.1 Å². The van der Waals surface area contributed by atoms with Crippen molar-refractivity contribution >= 4 is 29.3 Å². The lowest BCUT2D eigenvalue weighted by molar-refractivity contribution is 0.593. The molecule has 15 heavy (non-hydrogen) atoms. The zero-order chi connectivity index (χ0) is 10.8. The van der Waals surface area contributed by atoms with Crippen molar-refractivity contribution in [3.63, 3.8) is 0 Å². The van der Waals surface area contributed by atoms with E-state index >= 15 is 0 Å². The Hall–Kier alpha value is -1.75. The molecule has 78 valence electrons. The number of nitrogen functional groups attached to an aromatic ring is 1. The summed E-state index contributed by atoms with van der Waals surface area (Å²) in [5, 5.41) is 10.7. The summed E-state index contributed by atoms with van der Waals surface area (Å²) in [6.07, 6.45) is 0. The molecule has 0 aliphatic carbocycles. The smallest absolute Gasteiger partial charge is 0.321 e. The van der Waals surface area contributed by atoms with Gasteiger partial charge in [0.2, 0.25) is 0 Å². The number of nitrogens with two attached hydrogens (primary N) is 1. The Morgan fingerprint density at radius 2 is 2.20 bits per heavy atom. The topological polar surface area (TPSA) is 77.0 Å². The first kappa shape index (κ1) is 9.79. The maximum atomic E-state index is 6.00. The Balaban J connectivity index is 2.31. The van der Waals surface area contributed by atoms with Crippen molar-refractivity contribution in [1.29, 1.82) is 0 Å². The van der Waals surface area contributed by atoms with E-state index in [1.54, 1.807) is 6.07 Å². The first-order valence-corrected chi connectivity index (χ1v) is 4.66. The maximum Gasteiger partial charge on any atom is 0.321 e. The molecule has 2 rings (SSSR count). The summed E-state index contributed by atoms with van der Waals surface area (Å²) in [5.41, 5.74) is 7.02. The van der Waals surface area contributed by atoms with Crippen molar-refractivity contribution in [2.75, 3.05) is 11.1 Å². The number of hydrogen-bond acceptors (Lipinski definition) is 5. The van der Waals surface area contributed by atoms with Crippen molar-refractivity contribution in [2.24, 2.45) is 0 Å². The molecular formula is C9H9ClN4O. The van der Waals surface area contributed by atoms with Crippen molar-refractivity contribution in [1.82, 2.24) is 10.2 Å². The zero-order valence-corrected chi connectivity index (χ0v) is 8.75. The molecule has 0 saturated carbocycles. The van der Waals surface area contributed by atoms with Gasteiger partial charge in [-0.25, -0.2) is 0 Å². The van der Waals surface area contributed by atoms with Crippen molar-refractivity contribution in [2.45, 2.75) is 6.92 Å². The van der Waals surface area contributed by atoms with Crippen molar-refractivity contribution in [3.05, 3.63) is 28.8 Å². The highest BCUT2D eigenvalue weighted by molar-refractivity contribution is 6.33. The standard InChI is InChI=1S/C9H9ClN4O/c1-5-3-2-4-6(10)7(5)12-9-14-13-8(11)15-9/h2-4H,1H3,(H2,11,13)(H,12,14). The van der Waals surface area contributed by atoms with E-state index in [1.165, 1.54) is 0 Å². The predicted molar refractivity (Wildman–Crippen MR) is 58.2 cm³/mol. The van der Waals surface area contributed by atoms with Crippen LogP contribution in [0.2, 0.25) is 5.02 Å². The van der Waals surface area contributed by atoms with E-state index in [4.69, 9.17) is 21.8 Å². The van der Waals surface area contributed by atoms with Gasteiger partial charge in [-0.3, -0.25) is 0 Å². The number of anilines is 3. The molecule has 0 aliphatic heterocycles. The monoisotopic (exact) mass is 224 g/mol. The zero-order valence-electron chi connectivity index (χ0n) is 7.99. The predicted octanol–water partition coefficient (Wildman–Crippen LogP) is 2.36. The fourth-order valence-corrected chi connectivity index (χ4v) is 1.45. The van der Waals surface area contributed by atoms with Crippen LogP contribution in [0.15, 0.2) is 22.6 Å². The summed E-state index contributed by atoms with van der Waals surface area (Å²) in [7, 11) is 0. The van der Waals surface area contributed by atoms with Gasteiger partial charge >= 0.3 is 12.0 Å². The van der Waals surface area contributed by atoms with Gasteiger partial charge in [0.25, 0.3) is 0 Å².